The van der Waals surface area contributed by atoms with Crippen molar-refractivity contribution in [2.24, 2.45) is 4.99 Å². The smallest absolute Gasteiger partial charge is 0.271 e. The number of benzene rings is 3. The second-order valence-electron chi connectivity index (χ2n) is 8.57. The number of nitro benzene ring substituents is 1. The predicted molar refractivity (Wildman–Crippen MR) is 150 cm³/mol. The Balaban J connectivity index is 1.54. The zero-order valence-electron chi connectivity index (χ0n) is 20.9. The van der Waals surface area contributed by atoms with Crippen LogP contribution >= 0.6 is 11.8 Å². The van der Waals surface area contributed by atoms with E-state index in [9.17, 15) is 14.9 Å². The number of nitrogens with zero attached hydrogens (tertiary/aromatic N) is 3. The van der Waals surface area contributed by atoms with Gasteiger partial charge in [-0.1, -0.05) is 36.4 Å². The number of amidine groups is 1. The lowest BCUT2D eigenvalue weighted by molar-refractivity contribution is -0.384. The van der Waals surface area contributed by atoms with Crippen LogP contribution in [-0.2, 0) is 4.79 Å². The number of hydrogen-bond donors (Lipinski definition) is 0. The molecule has 1 aliphatic rings. The molecule has 0 saturated carbocycles. The van der Waals surface area contributed by atoms with Crippen molar-refractivity contribution in [3.05, 3.63) is 111 Å². The van der Waals surface area contributed by atoms with E-state index in [4.69, 9.17) is 14.1 Å². The van der Waals surface area contributed by atoms with E-state index in [1.54, 1.807) is 23.1 Å². The first-order valence-electron chi connectivity index (χ1n) is 11.7. The monoisotopic (exact) mass is 525 g/mol. The number of carbonyl (C=O) groups is 1. The van der Waals surface area contributed by atoms with E-state index in [2.05, 4.69) is 0 Å². The van der Waals surface area contributed by atoms with E-state index in [0.717, 1.165) is 16.8 Å². The van der Waals surface area contributed by atoms with E-state index in [1.165, 1.54) is 37.1 Å². The number of ether oxygens (including phenoxy) is 1. The van der Waals surface area contributed by atoms with Gasteiger partial charge < -0.3 is 9.15 Å². The molecule has 0 spiro atoms. The first-order chi connectivity index (χ1) is 18.4. The highest BCUT2D eigenvalue weighted by Gasteiger charge is 2.35. The molecular weight excluding hydrogens is 502 g/mol. The molecule has 1 saturated heterocycles. The van der Waals surface area contributed by atoms with Crippen LogP contribution in [0.1, 0.15) is 16.9 Å². The first-order valence-corrected chi connectivity index (χ1v) is 12.5. The number of hydrogen-bond acceptors (Lipinski definition) is 7. The molecule has 3 aromatic carbocycles. The molecule has 1 aliphatic heterocycles. The van der Waals surface area contributed by atoms with Gasteiger partial charge in [0.25, 0.3) is 11.6 Å². The zero-order valence-corrected chi connectivity index (χ0v) is 21.7. The maximum atomic E-state index is 13.6. The Bertz CT molecular complexity index is 1590. The topological polar surface area (TPSA) is 98.2 Å². The van der Waals surface area contributed by atoms with Gasteiger partial charge in [0.1, 0.15) is 17.3 Å². The highest BCUT2D eigenvalue weighted by molar-refractivity contribution is 8.19. The maximum absolute atomic E-state index is 13.6. The second kappa shape index (κ2) is 10.4. The summed E-state index contributed by atoms with van der Waals surface area (Å²) in [4.78, 5) is 31.3. The summed E-state index contributed by atoms with van der Waals surface area (Å²) in [6, 6.07) is 23.0. The van der Waals surface area contributed by atoms with Crippen molar-refractivity contribution < 1.29 is 18.9 Å². The van der Waals surface area contributed by atoms with Gasteiger partial charge in [0.2, 0.25) is 0 Å². The van der Waals surface area contributed by atoms with E-state index in [1.807, 2.05) is 62.4 Å². The minimum atomic E-state index is -0.474. The number of carbonyl (C=O) groups excluding carboxylic acids is 1. The number of thioether (sulfide) groups is 1. The molecule has 1 amide bonds. The van der Waals surface area contributed by atoms with Crippen LogP contribution in [0.25, 0.3) is 17.4 Å². The van der Waals surface area contributed by atoms with Gasteiger partial charge in [-0.05, 0) is 67.1 Å². The normalized spacial score (nSPS) is 15.4. The molecule has 2 heterocycles. The maximum Gasteiger partial charge on any atom is 0.271 e. The molecule has 0 aliphatic carbocycles. The Kier molecular flexibility index (Phi) is 6.85. The average molecular weight is 526 g/mol. The summed E-state index contributed by atoms with van der Waals surface area (Å²) < 4.78 is 11.4. The molecule has 4 aromatic rings. The van der Waals surface area contributed by atoms with E-state index in [0.29, 0.717) is 38.6 Å². The van der Waals surface area contributed by atoms with Crippen LogP contribution in [0.4, 0.5) is 17.1 Å². The Morgan fingerprint density at radius 1 is 1.00 bits per heavy atom. The summed E-state index contributed by atoms with van der Waals surface area (Å²) in [5.41, 5.74) is 3.92. The van der Waals surface area contributed by atoms with E-state index < -0.39 is 4.92 Å². The average Bonchev–Trinajstić information content (AvgIpc) is 3.50. The lowest BCUT2D eigenvalue weighted by Gasteiger charge is -2.16. The predicted octanol–water partition coefficient (Wildman–Crippen LogP) is 7.29. The number of non-ortho nitro benzene ring substituents is 1. The number of furan rings is 1. The van der Waals surface area contributed by atoms with Crippen LogP contribution in [0.5, 0.6) is 5.75 Å². The molecule has 5 rings (SSSR count). The number of amides is 1. The van der Waals surface area contributed by atoms with Crippen molar-refractivity contribution in [1.82, 2.24) is 0 Å². The summed E-state index contributed by atoms with van der Waals surface area (Å²) in [5.74, 6) is 1.02. The largest absolute Gasteiger partial charge is 0.496 e. The Labute approximate surface area is 223 Å². The molecule has 0 atom stereocenters. The van der Waals surface area contributed by atoms with Crippen molar-refractivity contribution in [2.75, 3.05) is 12.0 Å². The third-order valence-corrected chi connectivity index (χ3v) is 7.00. The van der Waals surface area contributed by atoms with Crippen molar-refractivity contribution in [3.63, 3.8) is 0 Å². The molecule has 9 heteroatoms. The van der Waals surface area contributed by atoms with Crippen LogP contribution in [0.3, 0.4) is 0 Å². The molecule has 0 radical (unpaired) electrons. The Morgan fingerprint density at radius 3 is 2.42 bits per heavy atom. The quantitative estimate of drug-likeness (QED) is 0.149. The van der Waals surface area contributed by atoms with E-state index in [-0.39, 0.29) is 11.6 Å². The molecular formula is C29H23N3O5S. The van der Waals surface area contributed by atoms with Crippen LogP contribution in [0.15, 0.2) is 93.2 Å². The van der Waals surface area contributed by atoms with Crippen LogP contribution < -0.4 is 9.64 Å². The summed E-state index contributed by atoms with van der Waals surface area (Å²) in [5, 5.41) is 11.8. The fourth-order valence-electron chi connectivity index (χ4n) is 4.14. The fourth-order valence-corrected chi connectivity index (χ4v) is 5.10. The van der Waals surface area contributed by atoms with Gasteiger partial charge in [0, 0.05) is 18.2 Å². The second-order valence-corrected chi connectivity index (χ2v) is 9.57. The molecule has 8 nitrogen and oxygen atoms in total. The molecule has 1 fully saturated rings. The van der Waals surface area contributed by atoms with Gasteiger partial charge in [0.05, 0.1) is 33.9 Å². The van der Waals surface area contributed by atoms with Gasteiger partial charge in [-0.15, -0.1) is 0 Å². The SMILES string of the molecule is COc1ccc([N+](=O)[O-])cc1-c1ccc(C=C2SC(=Nc3c(C)cccc3C)N(c3ccccc3)C2=O)o1. The van der Waals surface area contributed by atoms with Gasteiger partial charge in [-0.25, -0.2) is 4.99 Å². The number of anilines is 1. The highest BCUT2D eigenvalue weighted by atomic mass is 32.2. The van der Waals surface area contributed by atoms with Crippen molar-refractivity contribution in [1.29, 1.82) is 0 Å². The van der Waals surface area contributed by atoms with Gasteiger partial charge in [-0.3, -0.25) is 19.8 Å². The number of aryl methyl sites for hydroxylation is 2. The standard InChI is InChI=1S/C29H23N3O5S/c1-18-8-7-9-19(2)27(18)30-29-31(20-10-5-4-6-11-20)28(33)26(38-29)17-22-13-15-25(37-22)23-16-21(32(34)35)12-14-24(23)36-3/h4-17H,1-3H3. The first kappa shape index (κ1) is 25.0. The molecule has 0 N–H and O–H groups in total. The third-order valence-electron chi connectivity index (χ3n) is 6.03. The third kappa shape index (κ3) is 4.83. The highest BCUT2D eigenvalue weighted by Crippen LogP contribution is 2.40. The molecule has 190 valence electrons. The minimum Gasteiger partial charge on any atom is -0.496 e. The summed E-state index contributed by atoms with van der Waals surface area (Å²) >= 11 is 1.26. The Hall–Kier alpha value is -4.63. The van der Waals surface area contributed by atoms with Gasteiger partial charge in [-0.2, -0.15) is 0 Å². The number of rotatable bonds is 6. The number of methoxy groups -OCH3 is 1. The van der Waals surface area contributed by atoms with Crippen molar-refractivity contribution >= 4 is 46.0 Å². The number of para-hydroxylation sites is 2. The van der Waals surface area contributed by atoms with Crippen LogP contribution in [0.2, 0.25) is 0 Å². The van der Waals surface area contributed by atoms with Gasteiger partial charge in [0.15, 0.2) is 5.17 Å². The molecule has 0 bridgehead atoms. The Morgan fingerprint density at radius 2 is 1.74 bits per heavy atom. The molecule has 0 unspecified atom stereocenters. The zero-order chi connectivity index (χ0) is 26.8. The lowest BCUT2D eigenvalue weighted by atomic mass is 10.1. The summed E-state index contributed by atoms with van der Waals surface area (Å²) in [6.07, 6.45) is 1.66. The van der Waals surface area contributed by atoms with Crippen molar-refractivity contribution in [2.45, 2.75) is 13.8 Å². The fraction of sp³-hybridized carbons (Fsp3) is 0.103. The summed E-state index contributed by atoms with van der Waals surface area (Å²) in [6.45, 7) is 3.98. The minimum absolute atomic E-state index is 0.0792. The number of nitro groups is 1. The number of aliphatic imine (C=N–C) groups is 1. The van der Waals surface area contributed by atoms with Crippen LogP contribution in [0, 0.1) is 24.0 Å². The van der Waals surface area contributed by atoms with E-state index >= 15 is 0 Å². The summed E-state index contributed by atoms with van der Waals surface area (Å²) in [7, 11) is 1.49. The molecule has 1 aromatic heterocycles. The van der Waals surface area contributed by atoms with Crippen LogP contribution in [-0.4, -0.2) is 23.1 Å². The molecule has 38 heavy (non-hydrogen) atoms. The lowest BCUT2D eigenvalue weighted by Crippen LogP contribution is -2.28. The van der Waals surface area contributed by atoms with Crippen molar-refractivity contribution in [3.8, 4) is 17.1 Å². The van der Waals surface area contributed by atoms with Gasteiger partial charge >= 0.3 is 0 Å².